The highest BCUT2D eigenvalue weighted by molar-refractivity contribution is 6.19. The Morgan fingerprint density at radius 2 is 2.19 bits per heavy atom. The third-order valence-electron chi connectivity index (χ3n) is 2.39. The van der Waals surface area contributed by atoms with Crippen molar-refractivity contribution in [3.05, 3.63) is 35.6 Å². The van der Waals surface area contributed by atoms with Crippen LogP contribution in [0.5, 0.6) is 0 Å². The van der Waals surface area contributed by atoms with Gasteiger partial charge in [0.25, 0.3) is 0 Å². The lowest BCUT2D eigenvalue weighted by Gasteiger charge is -2.16. The van der Waals surface area contributed by atoms with Crippen molar-refractivity contribution in [3.63, 3.8) is 0 Å². The fraction of sp³-hybridized carbons (Fsp3) is 0.417. The molecule has 2 atom stereocenters. The van der Waals surface area contributed by atoms with Crippen molar-refractivity contribution in [2.45, 2.75) is 19.9 Å². The van der Waals surface area contributed by atoms with Crippen LogP contribution in [0, 0.1) is 11.7 Å². The molecule has 0 heterocycles. The number of rotatable bonds is 4. The molecule has 1 rings (SSSR count). The number of carbonyl (C=O) groups excluding carboxylic acids is 1. The summed E-state index contributed by atoms with van der Waals surface area (Å²) in [6.45, 7) is 3.56. The molecule has 88 valence electrons. The zero-order valence-corrected chi connectivity index (χ0v) is 10.1. The number of nitrogens with one attached hydrogen (secondary N) is 1. The van der Waals surface area contributed by atoms with Crippen LogP contribution in [0.4, 0.5) is 4.39 Å². The first-order valence-electron chi connectivity index (χ1n) is 5.16. The molecule has 0 saturated carbocycles. The van der Waals surface area contributed by atoms with E-state index in [4.69, 9.17) is 11.6 Å². The SMILES string of the molecule is CC(CCl)C(=O)N[C@@H](C)c1cccc(F)c1. The van der Waals surface area contributed by atoms with Crippen LogP contribution in [0.15, 0.2) is 24.3 Å². The minimum absolute atomic E-state index is 0.119. The Labute approximate surface area is 99.8 Å². The molecule has 0 radical (unpaired) electrons. The summed E-state index contributed by atoms with van der Waals surface area (Å²) in [6.07, 6.45) is 0. The summed E-state index contributed by atoms with van der Waals surface area (Å²) >= 11 is 5.58. The van der Waals surface area contributed by atoms with Crippen molar-refractivity contribution in [1.29, 1.82) is 0 Å². The van der Waals surface area contributed by atoms with E-state index in [0.717, 1.165) is 5.56 Å². The van der Waals surface area contributed by atoms with E-state index in [1.165, 1.54) is 12.1 Å². The Hall–Kier alpha value is -1.09. The lowest BCUT2D eigenvalue weighted by atomic mass is 10.1. The number of carbonyl (C=O) groups is 1. The fourth-order valence-electron chi connectivity index (χ4n) is 1.28. The molecule has 16 heavy (non-hydrogen) atoms. The van der Waals surface area contributed by atoms with Gasteiger partial charge in [-0.05, 0) is 24.6 Å². The zero-order valence-electron chi connectivity index (χ0n) is 9.34. The van der Waals surface area contributed by atoms with E-state index in [-0.39, 0.29) is 29.6 Å². The Morgan fingerprint density at radius 3 is 2.75 bits per heavy atom. The fourth-order valence-corrected chi connectivity index (χ4v) is 1.43. The molecule has 1 aromatic rings. The van der Waals surface area contributed by atoms with Gasteiger partial charge in [0.05, 0.1) is 6.04 Å². The molecule has 4 heteroatoms. The van der Waals surface area contributed by atoms with Crippen molar-refractivity contribution in [2.75, 3.05) is 5.88 Å². The molecule has 1 N–H and O–H groups in total. The molecule has 0 aliphatic heterocycles. The van der Waals surface area contributed by atoms with Crippen LogP contribution >= 0.6 is 11.6 Å². The maximum absolute atomic E-state index is 13.0. The molecule has 0 aromatic heterocycles. The van der Waals surface area contributed by atoms with E-state index in [0.29, 0.717) is 0 Å². The Morgan fingerprint density at radius 1 is 1.50 bits per heavy atom. The first-order valence-corrected chi connectivity index (χ1v) is 5.70. The highest BCUT2D eigenvalue weighted by atomic mass is 35.5. The Balaban J connectivity index is 2.65. The number of amides is 1. The average molecular weight is 244 g/mol. The van der Waals surface area contributed by atoms with Crippen molar-refractivity contribution in [3.8, 4) is 0 Å². The van der Waals surface area contributed by atoms with Gasteiger partial charge < -0.3 is 5.32 Å². The third-order valence-corrected chi connectivity index (χ3v) is 2.85. The minimum atomic E-state index is -0.302. The van der Waals surface area contributed by atoms with E-state index >= 15 is 0 Å². The summed E-state index contributed by atoms with van der Waals surface area (Å²) in [7, 11) is 0. The van der Waals surface area contributed by atoms with Crippen molar-refractivity contribution in [2.24, 2.45) is 5.92 Å². The van der Waals surface area contributed by atoms with Gasteiger partial charge in [-0.2, -0.15) is 0 Å². The van der Waals surface area contributed by atoms with Crippen LogP contribution in [0.1, 0.15) is 25.5 Å². The molecule has 0 aliphatic carbocycles. The van der Waals surface area contributed by atoms with E-state index in [2.05, 4.69) is 5.32 Å². The highest BCUT2D eigenvalue weighted by Crippen LogP contribution is 2.14. The quantitative estimate of drug-likeness (QED) is 0.810. The van der Waals surface area contributed by atoms with Gasteiger partial charge in [-0.1, -0.05) is 19.1 Å². The van der Waals surface area contributed by atoms with Crippen LogP contribution < -0.4 is 5.32 Å². The van der Waals surface area contributed by atoms with E-state index in [1.54, 1.807) is 19.1 Å². The highest BCUT2D eigenvalue weighted by Gasteiger charge is 2.15. The van der Waals surface area contributed by atoms with Crippen LogP contribution in [0.3, 0.4) is 0 Å². The number of alkyl halides is 1. The van der Waals surface area contributed by atoms with Gasteiger partial charge in [-0.15, -0.1) is 11.6 Å². The normalized spacial score (nSPS) is 14.2. The third kappa shape index (κ3) is 3.49. The van der Waals surface area contributed by atoms with Gasteiger partial charge in [-0.3, -0.25) is 4.79 Å². The van der Waals surface area contributed by atoms with Crippen molar-refractivity contribution in [1.82, 2.24) is 5.32 Å². The molecule has 0 spiro atoms. The first-order chi connectivity index (χ1) is 7.54. The maximum Gasteiger partial charge on any atom is 0.224 e. The molecular weight excluding hydrogens is 229 g/mol. The lowest BCUT2D eigenvalue weighted by molar-refractivity contribution is -0.124. The standard InChI is InChI=1S/C12H15ClFNO/c1-8(7-13)12(16)15-9(2)10-4-3-5-11(14)6-10/h3-6,8-9H,7H2,1-2H3,(H,15,16)/t8?,9-/m0/s1. The number of halogens is 2. The zero-order chi connectivity index (χ0) is 12.1. The van der Waals surface area contributed by atoms with Gasteiger partial charge in [-0.25, -0.2) is 4.39 Å². The monoisotopic (exact) mass is 243 g/mol. The number of hydrogen-bond donors (Lipinski definition) is 1. The molecule has 0 bridgehead atoms. The smallest absolute Gasteiger partial charge is 0.224 e. The van der Waals surface area contributed by atoms with E-state index in [9.17, 15) is 9.18 Å². The predicted octanol–water partition coefficient (Wildman–Crippen LogP) is 2.88. The molecule has 1 amide bonds. The van der Waals surface area contributed by atoms with Gasteiger partial charge in [0.1, 0.15) is 5.82 Å². The number of hydrogen-bond acceptors (Lipinski definition) is 1. The van der Waals surface area contributed by atoms with Gasteiger partial charge in [0.15, 0.2) is 0 Å². The van der Waals surface area contributed by atoms with Crippen LogP contribution in [-0.2, 0) is 4.79 Å². The van der Waals surface area contributed by atoms with Crippen molar-refractivity contribution < 1.29 is 9.18 Å². The van der Waals surface area contributed by atoms with E-state index < -0.39 is 0 Å². The maximum atomic E-state index is 13.0. The summed E-state index contributed by atoms with van der Waals surface area (Å²) in [5.41, 5.74) is 0.745. The molecule has 1 unspecified atom stereocenters. The molecule has 0 fully saturated rings. The summed E-state index contributed by atoms with van der Waals surface area (Å²) in [6, 6.07) is 5.97. The second kappa shape index (κ2) is 5.85. The van der Waals surface area contributed by atoms with E-state index in [1.807, 2.05) is 6.92 Å². The number of benzene rings is 1. The minimum Gasteiger partial charge on any atom is -0.349 e. The molecule has 0 saturated heterocycles. The van der Waals surface area contributed by atoms with Crippen LogP contribution in [0.2, 0.25) is 0 Å². The average Bonchev–Trinajstić information content (AvgIpc) is 2.27. The Kier molecular flexibility index (Phi) is 4.74. The molecule has 0 aliphatic rings. The lowest BCUT2D eigenvalue weighted by Crippen LogP contribution is -2.32. The van der Waals surface area contributed by atoms with Gasteiger partial charge >= 0.3 is 0 Å². The summed E-state index contributed by atoms with van der Waals surface area (Å²) in [5, 5.41) is 2.78. The largest absolute Gasteiger partial charge is 0.349 e. The van der Waals surface area contributed by atoms with Gasteiger partial charge in [0.2, 0.25) is 5.91 Å². The van der Waals surface area contributed by atoms with Gasteiger partial charge in [0, 0.05) is 11.8 Å². The predicted molar refractivity (Wildman–Crippen MR) is 62.8 cm³/mol. The molecule has 2 nitrogen and oxygen atoms in total. The Bertz CT molecular complexity index is 370. The summed E-state index contributed by atoms with van der Waals surface area (Å²) in [4.78, 5) is 11.6. The van der Waals surface area contributed by atoms with Crippen LogP contribution in [-0.4, -0.2) is 11.8 Å². The molecular formula is C12H15ClFNO. The summed E-state index contributed by atoms with van der Waals surface area (Å²) < 4.78 is 13.0. The topological polar surface area (TPSA) is 29.1 Å². The first kappa shape index (κ1) is 13.0. The van der Waals surface area contributed by atoms with Crippen molar-refractivity contribution >= 4 is 17.5 Å². The second-order valence-corrected chi connectivity index (χ2v) is 4.15. The summed E-state index contributed by atoms with van der Waals surface area (Å²) in [5.74, 6) is -0.379. The molecule has 1 aromatic carbocycles. The second-order valence-electron chi connectivity index (χ2n) is 3.84. The van der Waals surface area contributed by atoms with Crippen LogP contribution in [0.25, 0.3) is 0 Å².